The summed E-state index contributed by atoms with van der Waals surface area (Å²) in [4.78, 5) is 15.9. The first kappa shape index (κ1) is 46.5. The molecule has 15 aromatic rings. The average Bonchev–Trinajstić information content (AvgIpc) is 4.11. The minimum Gasteiger partial charge on any atom is -0.456 e. The van der Waals surface area contributed by atoms with Crippen LogP contribution in [0.4, 0.5) is 0 Å². The zero-order valence-electron chi connectivity index (χ0n) is 43.4. The Labute approximate surface area is 463 Å². The molecule has 374 valence electrons. The van der Waals surface area contributed by atoms with Crippen molar-refractivity contribution in [2.45, 2.75) is 0 Å². The van der Waals surface area contributed by atoms with Crippen molar-refractivity contribution >= 4 is 43.7 Å². The number of rotatable bonds is 10. The van der Waals surface area contributed by atoms with E-state index in [1.54, 1.807) is 0 Å². The first-order valence-corrected chi connectivity index (χ1v) is 27.1. The number of hydrogen-bond acceptors (Lipinski definition) is 4. The summed E-state index contributed by atoms with van der Waals surface area (Å²) in [6, 6.07) is 103. The highest BCUT2D eigenvalue weighted by Gasteiger charge is 2.17. The van der Waals surface area contributed by atoms with E-state index < -0.39 is 0 Å². The molecule has 0 saturated carbocycles. The topological polar surface area (TPSA) is 56.7 Å². The molecule has 0 N–H and O–H groups in total. The van der Waals surface area contributed by atoms with E-state index in [1.165, 1.54) is 32.9 Å². The Hall–Kier alpha value is -10.8. The van der Waals surface area contributed by atoms with Crippen LogP contribution < -0.4 is 0 Å². The van der Waals surface area contributed by atoms with Gasteiger partial charge in [0, 0.05) is 43.9 Å². The van der Waals surface area contributed by atoms with Gasteiger partial charge in [-0.15, -0.1) is 0 Å². The van der Waals surface area contributed by atoms with Crippen molar-refractivity contribution in [2.75, 3.05) is 0 Å². The molecule has 0 aliphatic carbocycles. The average molecular weight is 1020 g/mol. The maximum Gasteiger partial charge on any atom is 0.164 e. The second-order valence-corrected chi connectivity index (χ2v) is 20.4. The molecule has 0 unspecified atom stereocenters. The fourth-order valence-electron chi connectivity index (χ4n) is 11.4. The lowest BCUT2D eigenvalue weighted by molar-refractivity contribution is 0.669. The van der Waals surface area contributed by atoms with Crippen LogP contribution in [0.2, 0.25) is 0 Å². The summed E-state index contributed by atoms with van der Waals surface area (Å²) in [6.07, 6.45) is 0. The van der Waals surface area contributed by atoms with Crippen molar-refractivity contribution < 1.29 is 4.42 Å². The Morgan fingerprint density at radius 1 is 0.212 bits per heavy atom. The number of aromatic nitrogens is 4. The molecule has 0 amide bonds. The molecule has 0 saturated heterocycles. The summed E-state index contributed by atoms with van der Waals surface area (Å²) < 4.78 is 8.51. The third kappa shape index (κ3) is 8.60. The number of furan rings is 1. The van der Waals surface area contributed by atoms with Crippen LogP contribution >= 0.6 is 0 Å². The number of para-hydroxylation sites is 3. The van der Waals surface area contributed by atoms with E-state index in [-0.39, 0.29) is 0 Å². The number of benzene rings is 12. The summed E-state index contributed by atoms with van der Waals surface area (Å²) in [5.41, 5.74) is 21.4. The summed E-state index contributed by atoms with van der Waals surface area (Å²) in [7, 11) is 0. The van der Waals surface area contributed by atoms with E-state index in [9.17, 15) is 0 Å². The van der Waals surface area contributed by atoms with Crippen LogP contribution in [0.25, 0.3) is 150 Å². The summed E-state index contributed by atoms with van der Waals surface area (Å²) in [5, 5.41) is 4.70. The van der Waals surface area contributed by atoms with E-state index >= 15 is 0 Å². The Morgan fingerprint density at radius 2 is 0.550 bits per heavy atom. The quantitative estimate of drug-likeness (QED) is 0.137. The molecule has 3 aromatic heterocycles. The van der Waals surface area contributed by atoms with E-state index in [0.29, 0.717) is 17.5 Å². The predicted octanol–water partition coefficient (Wildman–Crippen LogP) is 19.9. The van der Waals surface area contributed by atoms with Gasteiger partial charge in [-0.3, -0.25) is 0 Å². The van der Waals surface area contributed by atoms with Crippen LogP contribution in [0.5, 0.6) is 0 Å². The monoisotopic (exact) mass is 1020 g/mol. The third-order valence-electron chi connectivity index (χ3n) is 15.4. The Bertz CT molecular complexity index is 4790. The van der Waals surface area contributed by atoms with Crippen molar-refractivity contribution in [2.24, 2.45) is 0 Å². The van der Waals surface area contributed by atoms with Gasteiger partial charge in [-0.1, -0.05) is 218 Å². The minimum atomic E-state index is 0.593. The zero-order valence-corrected chi connectivity index (χ0v) is 43.4. The zero-order chi connectivity index (χ0) is 52.9. The molecule has 80 heavy (non-hydrogen) atoms. The Kier molecular flexibility index (Phi) is 11.4. The minimum absolute atomic E-state index is 0.593. The van der Waals surface area contributed by atoms with E-state index in [4.69, 9.17) is 19.4 Å². The molecule has 5 nitrogen and oxygen atoms in total. The summed E-state index contributed by atoms with van der Waals surface area (Å²) >= 11 is 0. The lowest BCUT2D eigenvalue weighted by Crippen LogP contribution is -2.00. The molecule has 3 heterocycles. The molecular formula is C75H48N4O. The highest BCUT2D eigenvalue weighted by atomic mass is 16.3. The molecule has 0 radical (unpaired) electrons. The predicted molar refractivity (Wildman–Crippen MR) is 330 cm³/mol. The molecular weight excluding hydrogens is 973 g/mol. The van der Waals surface area contributed by atoms with Gasteiger partial charge in [0.1, 0.15) is 11.2 Å². The summed E-state index contributed by atoms with van der Waals surface area (Å²) in [5.74, 6) is 1.78. The van der Waals surface area contributed by atoms with Crippen LogP contribution in [0.1, 0.15) is 0 Å². The Morgan fingerprint density at radius 3 is 1.09 bits per heavy atom. The molecule has 0 fully saturated rings. The molecule has 0 spiro atoms. The summed E-state index contributed by atoms with van der Waals surface area (Å²) in [6.45, 7) is 0. The van der Waals surface area contributed by atoms with Crippen LogP contribution in [-0.2, 0) is 0 Å². The van der Waals surface area contributed by atoms with Crippen molar-refractivity contribution in [1.82, 2.24) is 19.5 Å². The molecule has 5 heteroatoms. The van der Waals surface area contributed by atoms with Gasteiger partial charge in [-0.2, -0.15) is 0 Å². The van der Waals surface area contributed by atoms with Gasteiger partial charge < -0.3 is 8.98 Å². The normalized spacial score (nSPS) is 11.5. The van der Waals surface area contributed by atoms with Crippen LogP contribution in [0, 0.1) is 0 Å². The van der Waals surface area contributed by atoms with Gasteiger partial charge in [-0.25, -0.2) is 15.0 Å². The van der Waals surface area contributed by atoms with Crippen LogP contribution in [0.15, 0.2) is 296 Å². The highest BCUT2D eigenvalue weighted by molar-refractivity contribution is 6.09. The first-order chi connectivity index (χ1) is 39.6. The van der Waals surface area contributed by atoms with Gasteiger partial charge in [0.2, 0.25) is 0 Å². The third-order valence-corrected chi connectivity index (χ3v) is 15.4. The Balaban J connectivity index is 0.803. The van der Waals surface area contributed by atoms with Gasteiger partial charge in [-0.05, 0) is 140 Å². The maximum atomic E-state index is 6.15. The van der Waals surface area contributed by atoms with Gasteiger partial charge >= 0.3 is 0 Å². The van der Waals surface area contributed by atoms with Crippen molar-refractivity contribution in [1.29, 1.82) is 0 Å². The van der Waals surface area contributed by atoms with Crippen LogP contribution in [0.3, 0.4) is 0 Å². The lowest BCUT2D eigenvalue weighted by Gasteiger charge is -2.12. The smallest absolute Gasteiger partial charge is 0.164 e. The van der Waals surface area contributed by atoms with E-state index in [1.807, 2.05) is 12.1 Å². The van der Waals surface area contributed by atoms with Crippen molar-refractivity contribution in [3.63, 3.8) is 0 Å². The van der Waals surface area contributed by atoms with Crippen molar-refractivity contribution in [3.05, 3.63) is 291 Å². The maximum absolute atomic E-state index is 6.15. The van der Waals surface area contributed by atoms with E-state index in [2.05, 4.69) is 284 Å². The number of fused-ring (bicyclic) bond motifs is 6. The van der Waals surface area contributed by atoms with Gasteiger partial charge in [0.15, 0.2) is 17.5 Å². The molecule has 0 aliphatic heterocycles. The molecule has 15 rings (SSSR count). The standard InChI is InChI=1S/C75H48N4O/c1-2-16-49(17-3-1)52-18-10-20-54(42-52)55-21-12-22-56(44-55)58-24-13-27-62(45-58)74-76-73(51-38-36-50(37-39-51)53-19-11-23-57(43-53)61-40-41-72-68(48-61)67-32-6-9-35-71(67)80-72)77-75(78-74)63-28-14-25-59(46-63)60-26-15-29-64(47-60)79-69-33-7-4-30-65(69)66-31-5-8-34-70(66)79/h1-48H. The largest absolute Gasteiger partial charge is 0.456 e. The lowest BCUT2D eigenvalue weighted by atomic mass is 9.95. The first-order valence-electron chi connectivity index (χ1n) is 27.1. The van der Waals surface area contributed by atoms with Crippen LogP contribution in [-0.4, -0.2) is 19.5 Å². The number of hydrogen-bond donors (Lipinski definition) is 0. The highest BCUT2D eigenvalue weighted by Crippen LogP contribution is 2.38. The second kappa shape index (κ2) is 19.7. The fourth-order valence-corrected chi connectivity index (χ4v) is 11.4. The fraction of sp³-hybridized carbons (Fsp3) is 0. The van der Waals surface area contributed by atoms with Gasteiger partial charge in [0.25, 0.3) is 0 Å². The molecule has 0 bridgehead atoms. The molecule has 0 atom stereocenters. The molecule has 0 aliphatic rings. The SMILES string of the molecule is c1ccc(-c2cccc(-c3cccc(-c4cccc(-c5nc(-c6ccc(-c7cccc(-c8ccc9oc%10ccccc%10c9c8)c7)cc6)nc(-c6cccc(-c7cccc(-n8c9ccccc9c9ccccc98)c7)c6)n5)c4)c3)c2)cc1. The molecule has 12 aromatic carbocycles. The number of nitrogens with zero attached hydrogens (tertiary/aromatic N) is 4. The van der Waals surface area contributed by atoms with Crippen molar-refractivity contribution in [3.8, 4) is 107 Å². The van der Waals surface area contributed by atoms with Gasteiger partial charge in [0.05, 0.1) is 11.0 Å². The second-order valence-electron chi connectivity index (χ2n) is 20.4. The van der Waals surface area contributed by atoms with E-state index in [0.717, 1.165) is 100.0 Å².